The molecule has 2 aromatic rings. The normalized spacial score (nSPS) is 28.4. The third-order valence-electron chi connectivity index (χ3n) is 5.40. The molecule has 1 amide bonds. The van der Waals surface area contributed by atoms with Crippen molar-refractivity contribution in [3.63, 3.8) is 0 Å². The van der Waals surface area contributed by atoms with Gasteiger partial charge in [-0.1, -0.05) is 0 Å². The highest BCUT2D eigenvalue weighted by Gasteiger charge is 2.51. The molecule has 3 heterocycles. The maximum absolute atomic E-state index is 14.0. The topological polar surface area (TPSA) is 58.4 Å². The van der Waals surface area contributed by atoms with E-state index in [0.29, 0.717) is 18.7 Å². The van der Waals surface area contributed by atoms with E-state index in [1.165, 1.54) is 6.07 Å². The monoisotopic (exact) mass is 347 g/mol. The molecule has 7 heteroatoms. The Morgan fingerprint density at radius 1 is 1.28 bits per heavy atom. The van der Waals surface area contributed by atoms with Crippen molar-refractivity contribution in [2.24, 2.45) is 7.05 Å². The maximum atomic E-state index is 14.0. The summed E-state index contributed by atoms with van der Waals surface area (Å²) in [5.41, 5.74) is -1.22. The van der Waals surface area contributed by atoms with E-state index in [1.807, 2.05) is 7.05 Å². The summed E-state index contributed by atoms with van der Waals surface area (Å²) in [7, 11) is 1.83. The van der Waals surface area contributed by atoms with E-state index in [0.717, 1.165) is 25.0 Å². The van der Waals surface area contributed by atoms with Crippen LogP contribution in [0.2, 0.25) is 0 Å². The smallest absolute Gasteiger partial charge is 0.257 e. The molecule has 1 aromatic carbocycles. The molecule has 0 radical (unpaired) electrons. The molecule has 0 saturated carbocycles. The van der Waals surface area contributed by atoms with Gasteiger partial charge in [0.1, 0.15) is 23.1 Å². The van der Waals surface area contributed by atoms with Crippen molar-refractivity contribution in [3.05, 3.63) is 53.6 Å². The molecule has 2 fully saturated rings. The van der Waals surface area contributed by atoms with E-state index in [2.05, 4.69) is 4.98 Å². The van der Waals surface area contributed by atoms with E-state index in [1.54, 1.807) is 21.9 Å². The van der Waals surface area contributed by atoms with Crippen LogP contribution in [0.5, 0.6) is 0 Å². The van der Waals surface area contributed by atoms with E-state index in [-0.39, 0.29) is 17.6 Å². The number of aliphatic hydroxyl groups is 1. The van der Waals surface area contributed by atoms with Gasteiger partial charge in [-0.3, -0.25) is 4.79 Å². The molecule has 5 nitrogen and oxygen atoms in total. The number of aromatic nitrogens is 2. The maximum Gasteiger partial charge on any atom is 0.257 e. The van der Waals surface area contributed by atoms with Crippen LogP contribution >= 0.6 is 0 Å². The Labute approximate surface area is 143 Å². The summed E-state index contributed by atoms with van der Waals surface area (Å²) >= 11 is 0. The number of aryl methyl sites for hydroxylation is 1. The number of fused-ring (bicyclic) bond motifs is 2. The van der Waals surface area contributed by atoms with E-state index >= 15 is 0 Å². The van der Waals surface area contributed by atoms with Crippen LogP contribution in [0.3, 0.4) is 0 Å². The van der Waals surface area contributed by atoms with Crippen molar-refractivity contribution >= 4 is 5.91 Å². The van der Waals surface area contributed by atoms with Crippen LogP contribution in [0, 0.1) is 11.6 Å². The summed E-state index contributed by atoms with van der Waals surface area (Å²) in [6, 6.07) is 2.64. The number of rotatable bonds is 2. The lowest BCUT2D eigenvalue weighted by molar-refractivity contribution is -0.0555. The number of carbonyl (C=O) groups is 1. The Kier molecular flexibility index (Phi) is 3.64. The fraction of sp³-hybridized carbons (Fsp3) is 0.444. The first kappa shape index (κ1) is 16.2. The molecular formula is C18H19F2N3O2. The van der Waals surface area contributed by atoms with E-state index in [9.17, 15) is 18.7 Å². The minimum atomic E-state index is -1.10. The zero-order valence-corrected chi connectivity index (χ0v) is 13.8. The van der Waals surface area contributed by atoms with Crippen molar-refractivity contribution in [3.8, 4) is 0 Å². The molecular weight excluding hydrogens is 328 g/mol. The van der Waals surface area contributed by atoms with Crippen molar-refractivity contribution in [1.82, 2.24) is 14.5 Å². The summed E-state index contributed by atoms with van der Waals surface area (Å²) in [5, 5.41) is 11.1. The molecule has 2 aliphatic rings. The van der Waals surface area contributed by atoms with Crippen molar-refractivity contribution in [2.75, 3.05) is 0 Å². The van der Waals surface area contributed by atoms with Crippen LogP contribution in [0.25, 0.3) is 0 Å². The van der Waals surface area contributed by atoms with Gasteiger partial charge in [-0.25, -0.2) is 13.8 Å². The van der Waals surface area contributed by atoms with E-state index in [4.69, 9.17) is 0 Å². The van der Waals surface area contributed by atoms with Gasteiger partial charge in [-0.15, -0.1) is 0 Å². The van der Waals surface area contributed by atoms with E-state index < -0.39 is 23.1 Å². The Balaban J connectivity index is 1.63. The molecule has 2 aliphatic heterocycles. The molecule has 2 saturated heterocycles. The van der Waals surface area contributed by atoms with Crippen molar-refractivity contribution in [2.45, 2.75) is 43.4 Å². The number of imidazole rings is 1. The zero-order valence-electron chi connectivity index (χ0n) is 13.8. The fourth-order valence-corrected chi connectivity index (χ4v) is 4.36. The number of hydrogen-bond donors (Lipinski definition) is 1. The molecule has 132 valence electrons. The molecule has 25 heavy (non-hydrogen) atoms. The van der Waals surface area contributed by atoms with Gasteiger partial charge in [0, 0.05) is 50.4 Å². The number of halogens is 2. The molecule has 2 unspecified atom stereocenters. The largest absolute Gasteiger partial charge is 0.382 e. The Morgan fingerprint density at radius 3 is 2.52 bits per heavy atom. The summed E-state index contributed by atoms with van der Waals surface area (Å²) in [6.45, 7) is 0. The second-order valence-corrected chi connectivity index (χ2v) is 7.02. The van der Waals surface area contributed by atoms with Crippen LogP contribution in [-0.4, -0.2) is 37.5 Å². The highest BCUT2D eigenvalue weighted by molar-refractivity contribution is 5.95. The van der Waals surface area contributed by atoms with Gasteiger partial charge in [-0.05, 0) is 25.0 Å². The lowest BCUT2D eigenvalue weighted by Gasteiger charge is -2.43. The van der Waals surface area contributed by atoms with Crippen molar-refractivity contribution < 1.29 is 18.7 Å². The number of benzene rings is 1. The Bertz CT molecular complexity index is 821. The first-order valence-electron chi connectivity index (χ1n) is 8.37. The average Bonchev–Trinajstić information content (AvgIpc) is 3.09. The average molecular weight is 347 g/mol. The van der Waals surface area contributed by atoms with Gasteiger partial charge in [0.05, 0.1) is 5.56 Å². The Hall–Kier alpha value is -2.28. The SMILES string of the molecule is Cn1ccnc1C1(O)CC2CCC(C1)N2C(=O)c1ccc(F)cc1F. The number of carbonyl (C=O) groups excluding carboxylic acids is 1. The summed E-state index contributed by atoms with van der Waals surface area (Å²) in [4.78, 5) is 18.7. The number of piperidine rings is 1. The fourth-order valence-electron chi connectivity index (χ4n) is 4.36. The minimum absolute atomic E-state index is 0.124. The Morgan fingerprint density at radius 2 is 1.96 bits per heavy atom. The quantitative estimate of drug-likeness (QED) is 0.907. The van der Waals surface area contributed by atoms with Crippen LogP contribution in [-0.2, 0) is 12.6 Å². The van der Waals surface area contributed by atoms with Gasteiger partial charge in [0.2, 0.25) is 0 Å². The van der Waals surface area contributed by atoms with Gasteiger partial charge in [0.15, 0.2) is 0 Å². The predicted molar refractivity (Wildman–Crippen MR) is 85.7 cm³/mol. The molecule has 4 rings (SSSR count). The van der Waals surface area contributed by atoms with Gasteiger partial charge in [0.25, 0.3) is 5.91 Å². The molecule has 0 aliphatic carbocycles. The number of hydrogen-bond acceptors (Lipinski definition) is 3. The third kappa shape index (κ3) is 2.54. The minimum Gasteiger partial charge on any atom is -0.382 e. The van der Waals surface area contributed by atoms with Gasteiger partial charge < -0.3 is 14.6 Å². The highest BCUT2D eigenvalue weighted by Crippen LogP contribution is 2.45. The van der Waals surface area contributed by atoms with Crippen molar-refractivity contribution in [1.29, 1.82) is 0 Å². The lowest BCUT2D eigenvalue weighted by Crippen LogP contribution is -2.52. The third-order valence-corrected chi connectivity index (χ3v) is 5.40. The predicted octanol–water partition coefficient (Wildman–Crippen LogP) is 2.35. The lowest BCUT2D eigenvalue weighted by atomic mass is 9.85. The molecule has 1 aromatic heterocycles. The second-order valence-electron chi connectivity index (χ2n) is 7.02. The molecule has 1 N–H and O–H groups in total. The van der Waals surface area contributed by atoms with Crippen LogP contribution in [0.1, 0.15) is 41.9 Å². The van der Waals surface area contributed by atoms with Crippen LogP contribution in [0.15, 0.2) is 30.6 Å². The first-order valence-corrected chi connectivity index (χ1v) is 8.37. The number of amides is 1. The summed E-state index contributed by atoms with van der Waals surface area (Å²) in [6.07, 6.45) is 5.66. The van der Waals surface area contributed by atoms with Gasteiger partial charge in [-0.2, -0.15) is 0 Å². The summed E-state index contributed by atoms with van der Waals surface area (Å²) in [5.74, 6) is -1.41. The van der Waals surface area contributed by atoms with Crippen LogP contribution < -0.4 is 0 Å². The summed E-state index contributed by atoms with van der Waals surface area (Å²) < 4.78 is 28.9. The number of nitrogens with zero attached hydrogens (tertiary/aromatic N) is 3. The molecule has 2 bridgehead atoms. The van der Waals surface area contributed by atoms with Crippen LogP contribution in [0.4, 0.5) is 8.78 Å². The van der Waals surface area contributed by atoms with Gasteiger partial charge >= 0.3 is 0 Å². The first-order chi connectivity index (χ1) is 11.9. The second kappa shape index (κ2) is 5.62. The molecule has 2 atom stereocenters. The standard InChI is InChI=1S/C18H19F2N3O2/c1-22-7-6-21-17(22)18(25)9-12-3-4-13(10-18)23(12)16(24)14-5-2-11(19)8-15(14)20/h2,5-8,12-13,25H,3-4,9-10H2,1H3. The molecule has 0 spiro atoms. The highest BCUT2D eigenvalue weighted by atomic mass is 19.1. The zero-order chi connectivity index (χ0) is 17.8.